The van der Waals surface area contributed by atoms with E-state index >= 15 is 0 Å². The molecule has 124 valence electrons. The molecule has 1 aromatic carbocycles. The van der Waals surface area contributed by atoms with E-state index in [0.717, 1.165) is 6.54 Å². The van der Waals surface area contributed by atoms with Crippen LogP contribution >= 0.6 is 0 Å². The first-order valence-corrected chi connectivity index (χ1v) is 9.05. The number of nitrogens with zero attached hydrogens (tertiary/aromatic N) is 1. The summed E-state index contributed by atoms with van der Waals surface area (Å²) in [5.41, 5.74) is -2.36. The Morgan fingerprint density at radius 3 is 2.36 bits per heavy atom. The fourth-order valence-corrected chi connectivity index (χ4v) is 4.20. The number of halogens is 1. The van der Waals surface area contributed by atoms with Crippen LogP contribution in [0.2, 0.25) is 0 Å². The predicted molar refractivity (Wildman–Crippen MR) is 84.0 cm³/mol. The number of benzene rings is 1. The van der Waals surface area contributed by atoms with Crippen molar-refractivity contribution < 1.29 is 17.9 Å². The maximum Gasteiger partial charge on any atom is 0.231 e. The van der Waals surface area contributed by atoms with Gasteiger partial charge in [-0.3, -0.25) is 4.90 Å². The van der Waals surface area contributed by atoms with E-state index < -0.39 is 21.4 Å². The molecule has 2 unspecified atom stereocenters. The Labute approximate surface area is 131 Å². The van der Waals surface area contributed by atoms with Crippen molar-refractivity contribution in [2.75, 3.05) is 13.1 Å². The minimum absolute atomic E-state index is 0.0708. The molecule has 0 aliphatic carbocycles. The lowest BCUT2D eigenvalue weighted by atomic mass is 10.0. The highest BCUT2D eigenvalue weighted by atomic mass is 32.2. The molecule has 22 heavy (non-hydrogen) atoms. The molecule has 6 heteroatoms. The van der Waals surface area contributed by atoms with Crippen LogP contribution in [0.5, 0.6) is 0 Å². The van der Waals surface area contributed by atoms with Crippen LogP contribution in [0.3, 0.4) is 0 Å². The largest absolute Gasteiger partial charge is 0.389 e. The lowest BCUT2D eigenvalue weighted by molar-refractivity contribution is 0.0585. The fraction of sp³-hybridized carbons (Fsp3) is 0.625. The molecule has 0 spiro atoms. The second-order valence-electron chi connectivity index (χ2n) is 6.87. The molecule has 1 fully saturated rings. The Morgan fingerprint density at radius 2 is 1.86 bits per heavy atom. The number of aliphatic hydroxyl groups excluding tert-OH is 1. The molecule has 0 saturated carbocycles. The smallest absolute Gasteiger partial charge is 0.231 e. The van der Waals surface area contributed by atoms with Crippen LogP contribution in [-0.2, 0) is 9.84 Å². The maximum absolute atomic E-state index is 14.5. The van der Waals surface area contributed by atoms with E-state index in [1.807, 2.05) is 0 Å². The number of alkyl halides is 1. The Kier molecular flexibility index (Phi) is 4.94. The van der Waals surface area contributed by atoms with Gasteiger partial charge in [0.15, 0.2) is 0 Å². The lowest BCUT2D eigenvalue weighted by Crippen LogP contribution is -2.42. The van der Waals surface area contributed by atoms with Crippen LogP contribution in [0.15, 0.2) is 35.2 Å². The van der Waals surface area contributed by atoms with Gasteiger partial charge in [-0.1, -0.05) is 18.2 Å². The molecule has 1 aromatic rings. The highest BCUT2D eigenvalue weighted by molar-refractivity contribution is 7.92. The number of sulfone groups is 1. The van der Waals surface area contributed by atoms with Gasteiger partial charge in [-0.25, -0.2) is 12.8 Å². The number of likely N-dealkylation sites (tertiary alicyclic amines) is 1. The molecule has 0 radical (unpaired) electrons. The van der Waals surface area contributed by atoms with E-state index in [1.165, 1.54) is 12.1 Å². The third-order valence-corrected chi connectivity index (χ3v) is 6.09. The van der Waals surface area contributed by atoms with Crippen LogP contribution in [0, 0.1) is 5.92 Å². The first-order chi connectivity index (χ1) is 10.1. The number of aliphatic hydroxyl groups is 1. The summed E-state index contributed by atoms with van der Waals surface area (Å²) in [5.74, 6) is -0.368. The molecular weight excluding hydrogens is 305 g/mol. The van der Waals surface area contributed by atoms with Crippen molar-refractivity contribution in [3.8, 4) is 0 Å². The number of hydrogen-bond donors (Lipinski definition) is 1. The quantitative estimate of drug-likeness (QED) is 0.920. The summed E-state index contributed by atoms with van der Waals surface area (Å²) < 4.78 is 39.0. The zero-order valence-electron chi connectivity index (χ0n) is 13.2. The third-order valence-electron chi connectivity index (χ3n) is 4.29. The molecule has 1 saturated heterocycles. The van der Waals surface area contributed by atoms with Crippen LogP contribution in [0.25, 0.3) is 0 Å². The normalized spacial score (nSPS) is 23.4. The molecule has 1 aliphatic rings. The Hall–Kier alpha value is -0.980. The predicted octanol–water partition coefficient (Wildman–Crippen LogP) is 2.24. The highest BCUT2D eigenvalue weighted by Gasteiger charge is 2.42. The topological polar surface area (TPSA) is 57.6 Å². The van der Waals surface area contributed by atoms with E-state index in [2.05, 4.69) is 25.7 Å². The average Bonchev–Trinajstić information content (AvgIpc) is 2.96. The van der Waals surface area contributed by atoms with Gasteiger partial charge in [0.2, 0.25) is 15.3 Å². The highest BCUT2D eigenvalue weighted by Crippen LogP contribution is 2.31. The summed E-state index contributed by atoms with van der Waals surface area (Å²) in [7, 11) is -4.16. The number of rotatable bonds is 4. The Balaban J connectivity index is 2.12. The third kappa shape index (κ3) is 3.50. The second kappa shape index (κ2) is 6.26. The van der Waals surface area contributed by atoms with Crippen LogP contribution in [-0.4, -0.2) is 48.7 Å². The van der Waals surface area contributed by atoms with Crippen LogP contribution < -0.4 is 0 Å². The Morgan fingerprint density at radius 1 is 1.27 bits per heavy atom. The minimum Gasteiger partial charge on any atom is -0.389 e. The van der Waals surface area contributed by atoms with Gasteiger partial charge in [0.25, 0.3) is 0 Å². The monoisotopic (exact) mass is 329 g/mol. The molecule has 2 rings (SSSR count). The van der Waals surface area contributed by atoms with Gasteiger partial charge < -0.3 is 5.11 Å². The molecule has 0 bridgehead atoms. The van der Waals surface area contributed by atoms with Crippen molar-refractivity contribution in [2.24, 2.45) is 5.92 Å². The molecule has 3 atom stereocenters. The fourth-order valence-electron chi connectivity index (χ4n) is 2.81. The van der Waals surface area contributed by atoms with E-state index in [1.54, 1.807) is 18.2 Å². The molecule has 1 heterocycles. The molecule has 0 amide bonds. The van der Waals surface area contributed by atoms with Crippen LogP contribution in [0.1, 0.15) is 27.2 Å². The maximum atomic E-state index is 14.5. The second-order valence-corrected chi connectivity index (χ2v) is 8.88. The molecular formula is C16H24FNO3S. The SMILES string of the molecule is CC(C)(C)N1CC[C@H](C(O)C(F)S(=O)(=O)c2ccccc2)C1. The zero-order chi connectivity index (χ0) is 16.5. The lowest BCUT2D eigenvalue weighted by Gasteiger charge is -2.32. The van der Waals surface area contributed by atoms with Crippen LogP contribution in [0.4, 0.5) is 4.39 Å². The molecule has 0 aromatic heterocycles. The van der Waals surface area contributed by atoms with Gasteiger partial charge in [-0.2, -0.15) is 0 Å². The first kappa shape index (κ1) is 17.4. The van der Waals surface area contributed by atoms with Gasteiger partial charge in [0.1, 0.15) is 6.10 Å². The average molecular weight is 329 g/mol. The van der Waals surface area contributed by atoms with Gasteiger partial charge >= 0.3 is 0 Å². The van der Waals surface area contributed by atoms with Crippen molar-refractivity contribution in [3.63, 3.8) is 0 Å². The van der Waals surface area contributed by atoms with E-state index in [9.17, 15) is 17.9 Å². The standard InChI is InChI=1S/C16H24FNO3S/c1-16(2,3)18-10-9-12(11-18)14(19)15(17)22(20,21)13-7-5-4-6-8-13/h4-8,12,14-15,19H,9-11H2,1-3H3/t12-,14?,15?/m0/s1. The summed E-state index contributed by atoms with van der Waals surface area (Å²) in [4.78, 5) is 2.05. The zero-order valence-corrected chi connectivity index (χ0v) is 14.1. The van der Waals surface area contributed by atoms with E-state index in [0.29, 0.717) is 13.0 Å². The van der Waals surface area contributed by atoms with Gasteiger partial charge in [0, 0.05) is 18.0 Å². The van der Waals surface area contributed by atoms with Crippen molar-refractivity contribution in [1.29, 1.82) is 0 Å². The Bertz CT molecular complexity index is 598. The van der Waals surface area contributed by atoms with Crippen molar-refractivity contribution in [1.82, 2.24) is 4.90 Å². The summed E-state index contributed by atoms with van der Waals surface area (Å²) in [5, 5.41) is 10.2. The van der Waals surface area contributed by atoms with Crippen molar-refractivity contribution in [3.05, 3.63) is 30.3 Å². The van der Waals surface area contributed by atoms with Gasteiger partial charge in [-0.15, -0.1) is 0 Å². The molecule has 4 nitrogen and oxygen atoms in total. The van der Waals surface area contributed by atoms with Crippen molar-refractivity contribution in [2.45, 2.75) is 49.2 Å². The van der Waals surface area contributed by atoms with Crippen molar-refractivity contribution >= 4 is 9.84 Å². The first-order valence-electron chi connectivity index (χ1n) is 7.50. The van der Waals surface area contributed by atoms with E-state index in [4.69, 9.17) is 0 Å². The summed E-state index contributed by atoms with van der Waals surface area (Å²) in [6.07, 6.45) is -0.902. The molecule has 1 N–H and O–H groups in total. The summed E-state index contributed by atoms with van der Waals surface area (Å²) in [6.45, 7) is 7.40. The minimum atomic E-state index is -4.16. The summed E-state index contributed by atoms with van der Waals surface area (Å²) >= 11 is 0. The molecule has 1 aliphatic heterocycles. The van der Waals surface area contributed by atoms with E-state index in [-0.39, 0.29) is 16.4 Å². The van der Waals surface area contributed by atoms with Gasteiger partial charge in [-0.05, 0) is 45.9 Å². The summed E-state index contributed by atoms with van der Waals surface area (Å²) in [6, 6.07) is 7.46. The number of hydrogen-bond acceptors (Lipinski definition) is 4. The van der Waals surface area contributed by atoms with Gasteiger partial charge in [0.05, 0.1) is 4.90 Å².